The molecule has 3 N–H and O–H groups in total. The molecule has 16 heavy (non-hydrogen) atoms. The van der Waals surface area contributed by atoms with Gasteiger partial charge in [-0.2, -0.15) is 0 Å². The number of hydrogen-bond donors (Lipinski definition) is 2. The van der Waals surface area contributed by atoms with Crippen LogP contribution in [-0.2, 0) is 0 Å². The van der Waals surface area contributed by atoms with Gasteiger partial charge in [0.15, 0.2) is 0 Å². The van der Waals surface area contributed by atoms with Gasteiger partial charge < -0.3 is 11.1 Å². The Hall–Kier alpha value is -1.51. The topological polar surface area (TPSA) is 50.9 Å². The number of pyridine rings is 1. The van der Waals surface area contributed by atoms with E-state index in [4.69, 9.17) is 5.73 Å². The van der Waals surface area contributed by atoms with Crippen molar-refractivity contribution < 1.29 is 0 Å². The second-order valence-corrected chi connectivity index (χ2v) is 4.25. The van der Waals surface area contributed by atoms with Crippen molar-refractivity contribution in [2.75, 3.05) is 17.6 Å². The SMILES string of the molecule is Nc1cnccc1NCCC1=CCCCC1. The van der Waals surface area contributed by atoms with Crippen LogP contribution in [0.15, 0.2) is 30.1 Å². The summed E-state index contributed by atoms with van der Waals surface area (Å²) in [5.41, 5.74) is 9.10. The van der Waals surface area contributed by atoms with Crippen LogP contribution in [0.3, 0.4) is 0 Å². The molecule has 0 radical (unpaired) electrons. The molecule has 86 valence electrons. The molecule has 1 aromatic rings. The molecule has 2 rings (SSSR count). The third kappa shape index (κ3) is 2.99. The van der Waals surface area contributed by atoms with Crippen molar-refractivity contribution in [1.29, 1.82) is 0 Å². The van der Waals surface area contributed by atoms with Gasteiger partial charge in [0.1, 0.15) is 0 Å². The van der Waals surface area contributed by atoms with E-state index in [2.05, 4.69) is 16.4 Å². The Kier molecular flexibility index (Phi) is 3.81. The van der Waals surface area contributed by atoms with Gasteiger partial charge in [-0.15, -0.1) is 0 Å². The van der Waals surface area contributed by atoms with Gasteiger partial charge in [0, 0.05) is 12.7 Å². The molecule has 0 amide bonds. The van der Waals surface area contributed by atoms with Gasteiger partial charge in [0.2, 0.25) is 0 Å². The molecule has 3 nitrogen and oxygen atoms in total. The number of allylic oxidation sites excluding steroid dienone is 1. The highest BCUT2D eigenvalue weighted by Crippen LogP contribution is 2.21. The van der Waals surface area contributed by atoms with Crippen LogP contribution in [0.25, 0.3) is 0 Å². The molecule has 0 atom stereocenters. The third-order valence-electron chi connectivity index (χ3n) is 3.00. The molecule has 0 aliphatic heterocycles. The van der Waals surface area contributed by atoms with E-state index in [1.54, 1.807) is 18.0 Å². The number of anilines is 2. The first kappa shape index (κ1) is 11.0. The van der Waals surface area contributed by atoms with Crippen molar-refractivity contribution in [3.05, 3.63) is 30.1 Å². The fourth-order valence-electron chi connectivity index (χ4n) is 2.06. The van der Waals surface area contributed by atoms with E-state index < -0.39 is 0 Å². The molecular weight excluding hydrogens is 198 g/mol. The average molecular weight is 217 g/mol. The lowest BCUT2D eigenvalue weighted by molar-refractivity contribution is 0.679. The Balaban J connectivity index is 1.80. The van der Waals surface area contributed by atoms with E-state index in [0.29, 0.717) is 0 Å². The Morgan fingerprint density at radius 2 is 2.31 bits per heavy atom. The van der Waals surface area contributed by atoms with E-state index in [9.17, 15) is 0 Å². The highest BCUT2D eigenvalue weighted by molar-refractivity contribution is 5.64. The lowest BCUT2D eigenvalue weighted by Gasteiger charge is -2.14. The molecule has 0 saturated heterocycles. The van der Waals surface area contributed by atoms with E-state index in [1.165, 1.54) is 25.7 Å². The molecule has 0 aromatic carbocycles. The molecule has 0 spiro atoms. The smallest absolute Gasteiger partial charge is 0.0736 e. The number of aromatic nitrogens is 1. The highest BCUT2D eigenvalue weighted by Gasteiger charge is 2.03. The lowest BCUT2D eigenvalue weighted by atomic mass is 9.97. The maximum absolute atomic E-state index is 5.80. The largest absolute Gasteiger partial charge is 0.396 e. The van der Waals surface area contributed by atoms with Gasteiger partial charge in [-0.3, -0.25) is 4.98 Å². The van der Waals surface area contributed by atoms with E-state index >= 15 is 0 Å². The number of hydrogen-bond acceptors (Lipinski definition) is 3. The minimum absolute atomic E-state index is 0.722. The van der Waals surface area contributed by atoms with Gasteiger partial charge in [0.05, 0.1) is 17.6 Å². The van der Waals surface area contributed by atoms with Crippen molar-refractivity contribution in [3.8, 4) is 0 Å². The van der Waals surface area contributed by atoms with Crippen LogP contribution in [-0.4, -0.2) is 11.5 Å². The van der Waals surface area contributed by atoms with Crippen molar-refractivity contribution in [3.63, 3.8) is 0 Å². The first-order chi connectivity index (χ1) is 7.86. The summed E-state index contributed by atoms with van der Waals surface area (Å²) in [5, 5.41) is 3.35. The van der Waals surface area contributed by atoms with Gasteiger partial charge in [0.25, 0.3) is 0 Å². The Morgan fingerprint density at radius 3 is 3.06 bits per heavy atom. The molecule has 1 heterocycles. The Bertz CT molecular complexity index is 371. The predicted octanol–water partition coefficient (Wildman–Crippen LogP) is 2.97. The summed E-state index contributed by atoms with van der Waals surface area (Å²) < 4.78 is 0. The molecule has 1 aliphatic carbocycles. The number of nitrogen functional groups attached to an aromatic ring is 1. The summed E-state index contributed by atoms with van der Waals surface area (Å²) in [6.07, 6.45) is 12.2. The van der Waals surface area contributed by atoms with Crippen LogP contribution < -0.4 is 11.1 Å². The maximum Gasteiger partial charge on any atom is 0.0736 e. The van der Waals surface area contributed by atoms with Crippen molar-refractivity contribution in [1.82, 2.24) is 4.98 Å². The zero-order valence-electron chi connectivity index (χ0n) is 9.58. The maximum atomic E-state index is 5.80. The van der Waals surface area contributed by atoms with E-state index in [0.717, 1.165) is 24.3 Å². The molecule has 0 fully saturated rings. The first-order valence-electron chi connectivity index (χ1n) is 5.97. The van der Waals surface area contributed by atoms with Crippen molar-refractivity contribution >= 4 is 11.4 Å². The zero-order chi connectivity index (χ0) is 11.2. The van der Waals surface area contributed by atoms with Crippen LogP contribution in [0.1, 0.15) is 32.1 Å². The Labute approximate surface area is 96.8 Å². The van der Waals surface area contributed by atoms with Crippen molar-refractivity contribution in [2.24, 2.45) is 0 Å². The molecule has 0 unspecified atom stereocenters. The molecule has 1 aromatic heterocycles. The molecule has 3 heteroatoms. The van der Waals surface area contributed by atoms with Gasteiger partial charge in [-0.25, -0.2) is 0 Å². The second kappa shape index (κ2) is 5.54. The number of nitrogens with zero attached hydrogens (tertiary/aromatic N) is 1. The normalized spacial score (nSPS) is 15.6. The summed E-state index contributed by atoms with van der Waals surface area (Å²) >= 11 is 0. The van der Waals surface area contributed by atoms with Crippen LogP contribution in [0.2, 0.25) is 0 Å². The van der Waals surface area contributed by atoms with E-state index in [-0.39, 0.29) is 0 Å². The minimum atomic E-state index is 0.722. The fraction of sp³-hybridized carbons (Fsp3) is 0.462. The summed E-state index contributed by atoms with van der Waals surface area (Å²) in [4.78, 5) is 3.97. The monoisotopic (exact) mass is 217 g/mol. The number of rotatable bonds is 4. The molecular formula is C13H19N3. The molecule has 0 saturated carbocycles. The molecule has 0 bridgehead atoms. The number of nitrogens with two attached hydrogens (primary N) is 1. The Morgan fingerprint density at radius 1 is 1.38 bits per heavy atom. The van der Waals surface area contributed by atoms with Crippen LogP contribution in [0, 0.1) is 0 Å². The third-order valence-corrected chi connectivity index (χ3v) is 3.00. The summed E-state index contributed by atoms with van der Waals surface area (Å²) in [6, 6.07) is 1.92. The summed E-state index contributed by atoms with van der Waals surface area (Å²) in [5.74, 6) is 0. The lowest BCUT2D eigenvalue weighted by Crippen LogP contribution is -2.06. The zero-order valence-corrected chi connectivity index (χ0v) is 9.58. The van der Waals surface area contributed by atoms with Gasteiger partial charge in [-0.05, 0) is 38.2 Å². The predicted molar refractivity (Wildman–Crippen MR) is 68.3 cm³/mol. The summed E-state index contributed by atoms with van der Waals surface area (Å²) in [7, 11) is 0. The van der Waals surface area contributed by atoms with Crippen LogP contribution >= 0.6 is 0 Å². The van der Waals surface area contributed by atoms with Crippen LogP contribution in [0.5, 0.6) is 0 Å². The van der Waals surface area contributed by atoms with Gasteiger partial charge >= 0.3 is 0 Å². The van der Waals surface area contributed by atoms with Crippen molar-refractivity contribution in [2.45, 2.75) is 32.1 Å². The second-order valence-electron chi connectivity index (χ2n) is 4.25. The standard InChI is InChI=1S/C13H19N3/c14-12-10-15-8-7-13(12)16-9-6-11-4-2-1-3-5-11/h4,7-8,10H,1-3,5-6,9,14H2,(H,15,16). The first-order valence-corrected chi connectivity index (χ1v) is 5.97. The summed E-state index contributed by atoms with van der Waals surface area (Å²) in [6.45, 7) is 0.958. The molecule has 1 aliphatic rings. The minimum Gasteiger partial charge on any atom is -0.396 e. The average Bonchev–Trinajstić information content (AvgIpc) is 2.33. The number of nitrogens with one attached hydrogen (secondary N) is 1. The van der Waals surface area contributed by atoms with E-state index in [1.807, 2.05) is 6.07 Å². The van der Waals surface area contributed by atoms with Gasteiger partial charge in [-0.1, -0.05) is 11.6 Å². The quantitative estimate of drug-likeness (QED) is 0.762. The highest BCUT2D eigenvalue weighted by atomic mass is 14.9. The van der Waals surface area contributed by atoms with Crippen LogP contribution in [0.4, 0.5) is 11.4 Å². The fourth-order valence-corrected chi connectivity index (χ4v) is 2.06.